The van der Waals surface area contributed by atoms with Crippen molar-refractivity contribution in [1.82, 2.24) is 10.9 Å². The van der Waals surface area contributed by atoms with Gasteiger partial charge in [-0.15, -0.1) is 0 Å². The number of benzene rings is 2. The smallest absolute Gasteiger partial charge is 0.269 e. The lowest BCUT2D eigenvalue weighted by molar-refractivity contribution is -0.117. The van der Waals surface area contributed by atoms with Crippen molar-refractivity contribution < 1.29 is 19.1 Å². The van der Waals surface area contributed by atoms with E-state index in [1.54, 1.807) is 30.3 Å². The van der Waals surface area contributed by atoms with E-state index in [4.69, 9.17) is 9.47 Å². The van der Waals surface area contributed by atoms with Gasteiger partial charge in [-0.2, -0.15) is 0 Å². The van der Waals surface area contributed by atoms with Crippen LogP contribution < -0.4 is 20.3 Å². The SMILES string of the molecule is CCOc1ccc(/C=C/C(=O)NNC(=O)c2ccccc2C)cc1OCC. The fourth-order valence-electron chi connectivity index (χ4n) is 2.40. The molecule has 2 rings (SSSR count). The lowest BCUT2D eigenvalue weighted by Crippen LogP contribution is -2.41. The number of hydrogen-bond donors (Lipinski definition) is 2. The topological polar surface area (TPSA) is 76.7 Å². The molecule has 0 aromatic heterocycles. The molecule has 2 aromatic rings. The van der Waals surface area contributed by atoms with Crippen molar-refractivity contribution >= 4 is 17.9 Å². The highest BCUT2D eigenvalue weighted by atomic mass is 16.5. The summed E-state index contributed by atoms with van der Waals surface area (Å²) in [6.07, 6.45) is 2.97. The molecule has 0 saturated carbocycles. The molecule has 0 radical (unpaired) electrons. The molecule has 2 N–H and O–H groups in total. The zero-order valence-corrected chi connectivity index (χ0v) is 15.7. The van der Waals surface area contributed by atoms with Crippen LogP contribution in [0.3, 0.4) is 0 Å². The molecule has 0 atom stereocenters. The third-order valence-corrected chi connectivity index (χ3v) is 3.68. The van der Waals surface area contributed by atoms with Gasteiger partial charge in [-0.25, -0.2) is 0 Å². The van der Waals surface area contributed by atoms with Gasteiger partial charge in [-0.1, -0.05) is 24.3 Å². The molecule has 2 aromatic carbocycles. The van der Waals surface area contributed by atoms with Gasteiger partial charge in [0.25, 0.3) is 11.8 Å². The third kappa shape index (κ3) is 5.88. The Morgan fingerprint density at radius 3 is 2.37 bits per heavy atom. The van der Waals surface area contributed by atoms with Crippen LogP contribution in [0, 0.1) is 6.92 Å². The molecule has 0 spiro atoms. The third-order valence-electron chi connectivity index (χ3n) is 3.68. The van der Waals surface area contributed by atoms with Crippen LogP contribution in [0.4, 0.5) is 0 Å². The van der Waals surface area contributed by atoms with Gasteiger partial charge in [-0.05, 0) is 56.2 Å². The van der Waals surface area contributed by atoms with E-state index in [-0.39, 0.29) is 5.91 Å². The van der Waals surface area contributed by atoms with Crippen LogP contribution in [-0.4, -0.2) is 25.0 Å². The quantitative estimate of drug-likeness (QED) is 0.581. The average Bonchev–Trinajstić information content (AvgIpc) is 2.67. The summed E-state index contributed by atoms with van der Waals surface area (Å²) < 4.78 is 11.1. The Kier molecular flexibility index (Phi) is 7.43. The van der Waals surface area contributed by atoms with Crippen LogP contribution in [0.5, 0.6) is 11.5 Å². The normalized spacial score (nSPS) is 10.5. The number of amides is 2. The van der Waals surface area contributed by atoms with Crippen molar-refractivity contribution in [3.8, 4) is 11.5 Å². The number of ether oxygens (including phenoxy) is 2. The van der Waals surface area contributed by atoms with Gasteiger partial charge in [0.15, 0.2) is 11.5 Å². The molecule has 0 saturated heterocycles. The minimum Gasteiger partial charge on any atom is -0.490 e. The number of hydrogen-bond acceptors (Lipinski definition) is 4. The first-order chi connectivity index (χ1) is 13.0. The van der Waals surface area contributed by atoms with Crippen LogP contribution >= 0.6 is 0 Å². The average molecular weight is 368 g/mol. The summed E-state index contributed by atoms with van der Waals surface area (Å²) >= 11 is 0. The summed E-state index contributed by atoms with van der Waals surface area (Å²) in [5, 5.41) is 0. The van der Waals surface area contributed by atoms with E-state index in [0.717, 1.165) is 11.1 Å². The Morgan fingerprint density at radius 2 is 1.67 bits per heavy atom. The second-order valence-corrected chi connectivity index (χ2v) is 5.66. The Labute approximate surface area is 159 Å². The Morgan fingerprint density at radius 1 is 0.963 bits per heavy atom. The maximum atomic E-state index is 12.1. The minimum atomic E-state index is -0.441. The van der Waals surface area contributed by atoms with Gasteiger partial charge in [0.2, 0.25) is 0 Å². The highest BCUT2D eigenvalue weighted by Gasteiger charge is 2.08. The highest BCUT2D eigenvalue weighted by molar-refractivity contribution is 5.98. The number of carbonyl (C=O) groups is 2. The van der Waals surface area contributed by atoms with E-state index >= 15 is 0 Å². The zero-order chi connectivity index (χ0) is 19.6. The molecule has 6 heteroatoms. The second-order valence-electron chi connectivity index (χ2n) is 5.66. The summed E-state index contributed by atoms with van der Waals surface area (Å²) in [4.78, 5) is 24.0. The van der Waals surface area contributed by atoms with E-state index < -0.39 is 5.91 Å². The van der Waals surface area contributed by atoms with Crippen molar-refractivity contribution in [2.45, 2.75) is 20.8 Å². The first-order valence-electron chi connectivity index (χ1n) is 8.78. The molecule has 142 valence electrons. The summed E-state index contributed by atoms with van der Waals surface area (Å²) in [6.45, 7) is 6.68. The molecule has 0 aliphatic heterocycles. The molecule has 0 fully saturated rings. The molecule has 6 nitrogen and oxygen atoms in total. The first-order valence-corrected chi connectivity index (χ1v) is 8.78. The summed E-state index contributed by atoms with van der Waals surface area (Å²) in [7, 11) is 0. The van der Waals surface area contributed by atoms with Gasteiger partial charge in [0, 0.05) is 11.6 Å². The predicted molar refractivity (Wildman–Crippen MR) is 105 cm³/mol. The molecule has 0 bridgehead atoms. The van der Waals surface area contributed by atoms with Gasteiger partial charge < -0.3 is 9.47 Å². The summed E-state index contributed by atoms with van der Waals surface area (Å²) in [5.41, 5.74) is 6.89. The Bertz CT molecular complexity index is 831. The molecular weight excluding hydrogens is 344 g/mol. The molecule has 0 aliphatic carbocycles. The summed E-state index contributed by atoms with van der Waals surface area (Å²) in [6, 6.07) is 12.6. The van der Waals surface area contributed by atoms with Crippen molar-refractivity contribution in [2.75, 3.05) is 13.2 Å². The fourth-order valence-corrected chi connectivity index (χ4v) is 2.40. The fraction of sp³-hybridized carbons (Fsp3) is 0.238. The molecule has 27 heavy (non-hydrogen) atoms. The van der Waals surface area contributed by atoms with E-state index in [1.165, 1.54) is 6.08 Å². The standard InChI is InChI=1S/C21H24N2O4/c1-4-26-18-12-10-16(14-19(18)27-5-2)11-13-20(24)22-23-21(25)17-9-7-6-8-15(17)3/h6-14H,4-5H2,1-3H3,(H,22,24)(H,23,25)/b13-11+. The summed E-state index contributed by atoms with van der Waals surface area (Å²) in [5.74, 6) is 0.472. The van der Waals surface area contributed by atoms with E-state index in [0.29, 0.717) is 30.3 Å². The monoisotopic (exact) mass is 368 g/mol. The second kappa shape index (κ2) is 10.0. The number of rotatable bonds is 7. The van der Waals surface area contributed by atoms with Crippen molar-refractivity contribution in [3.63, 3.8) is 0 Å². The lowest BCUT2D eigenvalue weighted by atomic mass is 10.1. The molecular formula is C21H24N2O4. The van der Waals surface area contributed by atoms with E-state index in [2.05, 4.69) is 10.9 Å². The molecule has 0 heterocycles. The van der Waals surface area contributed by atoms with Crippen LogP contribution in [0.15, 0.2) is 48.5 Å². The molecule has 0 unspecified atom stereocenters. The number of hydrazine groups is 1. The van der Waals surface area contributed by atoms with Crippen LogP contribution in [0.2, 0.25) is 0 Å². The van der Waals surface area contributed by atoms with Crippen LogP contribution in [0.1, 0.15) is 35.3 Å². The molecule has 2 amide bonds. The first kappa shape index (κ1) is 20.0. The molecule has 0 aliphatic rings. The lowest BCUT2D eigenvalue weighted by Gasteiger charge is -2.11. The Hall–Kier alpha value is -3.28. The van der Waals surface area contributed by atoms with Crippen molar-refractivity contribution in [1.29, 1.82) is 0 Å². The minimum absolute atomic E-state index is 0.366. The van der Waals surface area contributed by atoms with Crippen LogP contribution in [0.25, 0.3) is 6.08 Å². The maximum Gasteiger partial charge on any atom is 0.269 e. The van der Waals surface area contributed by atoms with Gasteiger partial charge in [0.05, 0.1) is 13.2 Å². The maximum absolute atomic E-state index is 12.1. The number of nitrogens with one attached hydrogen (secondary N) is 2. The Balaban J connectivity index is 1.97. The largest absolute Gasteiger partial charge is 0.490 e. The van der Waals surface area contributed by atoms with Crippen molar-refractivity contribution in [2.24, 2.45) is 0 Å². The van der Waals surface area contributed by atoms with Gasteiger partial charge in [-0.3, -0.25) is 20.4 Å². The van der Waals surface area contributed by atoms with Gasteiger partial charge in [0.1, 0.15) is 0 Å². The predicted octanol–water partition coefficient (Wildman–Crippen LogP) is 3.27. The van der Waals surface area contributed by atoms with Crippen molar-refractivity contribution in [3.05, 3.63) is 65.2 Å². The highest BCUT2D eigenvalue weighted by Crippen LogP contribution is 2.28. The van der Waals surface area contributed by atoms with Crippen LogP contribution in [-0.2, 0) is 4.79 Å². The van der Waals surface area contributed by atoms with E-state index in [9.17, 15) is 9.59 Å². The van der Waals surface area contributed by atoms with E-state index in [1.807, 2.05) is 39.0 Å². The number of carbonyl (C=O) groups excluding carboxylic acids is 2. The zero-order valence-electron chi connectivity index (χ0n) is 15.7. The van der Waals surface area contributed by atoms with Gasteiger partial charge >= 0.3 is 0 Å². The number of aryl methyl sites for hydroxylation is 1.